The van der Waals surface area contributed by atoms with Crippen molar-refractivity contribution in [2.24, 2.45) is 0 Å². The van der Waals surface area contributed by atoms with Gasteiger partial charge in [-0.05, 0) is 25.1 Å². The van der Waals surface area contributed by atoms with Crippen molar-refractivity contribution in [1.82, 2.24) is 4.90 Å². The van der Waals surface area contributed by atoms with Crippen molar-refractivity contribution >= 4 is 23.3 Å². The fourth-order valence-electron chi connectivity index (χ4n) is 3.18. The average Bonchev–Trinajstić information content (AvgIpc) is 2.82. The molecule has 3 aromatic carbocycles. The van der Waals surface area contributed by atoms with Crippen molar-refractivity contribution in [2.45, 2.75) is 6.92 Å². The molecule has 0 heterocycles. The zero-order chi connectivity index (χ0) is 22.2. The van der Waals surface area contributed by atoms with Gasteiger partial charge >= 0.3 is 0 Å². The zero-order valence-electron chi connectivity index (χ0n) is 17.5. The summed E-state index contributed by atoms with van der Waals surface area (Å²) in [6, 6.07) is 22.5. The number of methoxy groups -OCH3 is 1. The second-order valence-electron chi connectivity index (χ2n) is 6.84. The maximum atomic E-state index is 13.2. The molecule has 6 nitrogen and oxygen atoms in total. The van der Waals surface area contributed by atoms with Gasteiger partial charge in [0.25, 0.3) is 5.91 Å². The molecule has 0 atom stereocenters. The molecule has 3 rings (SSSR count). The van der Waals surface area contributed by atoms with Gasteiger partial charge in [-0.25, -0.2) is 0 Å². The second-order valence-corrected chi connectivity index (χ2v) is 6.84. The molecular formula is C25H24N2O4. The second kappa shape index (κ2) is 10.2. The number of amides is 2. The lowest BCUT2D eigenvalue weighted by Crippen LogP contribution is -2.38. The van der Waals surface area contributed by atoms with E-state index in [4.69, 9.17) is 4.74 Å². The highest BCUT2D eigenvalue weighted by Gasteiger charge is 2.23. The summed E-state index contributed by atoms with van der Waals surface area (Å²) >= 11 is 0. The van der Waals surface area contributed by atoms with Crippen LogP contribution in [0.3, 0.4) is 0 Å². The Balaban J connectivity index is 1.78. The SMILES string of the molecule is CCN(CC(=O)Nc1cccc(OC)c1)C(=O)c1ccccc1C(=O)c1ccccc1. The molecule has 0 aliphatic rings. The Bertz CT molecular complexity index is 1080. The van der Waals surface area contributed by atoms with Gasteiger partial charge in [0.2, 0.25) is 5.91 Å². The van der Waals surface area contributed by atoms with Crippen LogP contribution in [0.1, 0.15) is 33.2 Å². The van der Waals surface area contributed by atoms with E-state index in [0.29, 0.717) is 29.1 Å². The summed E-state index contributed by atoms with van der Waals surface area (Å²) in [6.45, 7) is 1.97. The quantitative estimate of drug-likeness (QED) is 0.563. The van der Waals surface area contributed by atoms with Crippen LogP contribution in [-0.2, 0) is 4.79 Å². The molecule has 0 aromatic heterocycles. The number of nitrogens with one attached hydrogen (secondary N) is 1. The van der Waals surface area contributed by atoms with Crippen LogP contribution in [0.25, 0.3) is 0 Å². The van der Waals surface area contributed by atoms with E-state index in [9.17, 15) is 14.4 Å². The van der Waals surface area contributed by atoms with Gasteiger partial charge in [-0.3, -0.25) is 14.4 Å². The summed E-state index contributed by atoms with van der Waals surface area (Å²) in [5.74, 6) is -0.325. The molecule has 31 heavy (non-hydrogen) atoms. The van der Waals surface area contributed by atoms with Gasteiger partial charge < -0.3 is 15.0 Å². The van der Waals surface area contributed by atoms with E-state index in [0.717, 1.165) is 0 Å². The van der Waals surface area contributed by atoms with Gasteiger partial charge in [0.15, 0.2) is 5.78 Å². The molecule has 0 aliphatic carbocycles. The van der Waals surface area contributed by atoms with Crippen molar-refractivity contribution in [2.75, 3.05) is 25.5 Å². The fourth-order valence-corrected chi connectivity index (χ4v) is 3.18. The zero-order valence-corrected chi connectivity index (χ0v) is 17.5. The normalized spacial score (nSPS) is 10.3. The fraction of sp³-hybridized carbons (Fsp3) is 0.160. The van der Waals surface area contributed by atoms with Crippen molar-refractivity contribution in [3.8, 4) is 5.75 Å². The van der Waals surface area contributed by atoms with Crippen LogP contribution in [0.2, 0.25) is 0 Å². The highest BCUT2D eigenvalue weighted by Crippen LogP contribution is 2.18. The molecule has 0 unspecified atom stereocenters. The summed E-state index contributed by atoms with van der Waals surface area (Å²) in [7, 11) is 1.55. The molecule has 0 aliphatic heterocycles. The Morgan fingerprint density at radius 3 is 2.23 bits per heavy atom. The first kappa shape index (κ1) is 21.8. The smallest absolute Gasteiger partial charge is 0.255 e. The Hall–Kier alpha value is -3.93. The molecule has 0 radical (unpaired) electrons. The molecule has 2 amide bonds. The number of rotatable bonds is 8. The lowest BCUT2D eigenvalue weighted by atomic mass is 9.97. The van der Waals surface area contributed by atoms with Gasteiger partial charge in [0.1, 0.15) is 12.3 Å². The van der Waals surface area contributed by atoms with Gasteiger partial charge in [0, 0.05) is 29.4 Å². The van der Waals surface area contributed by atoms with E-state index in [1.165, 1.54) is 4.90 Å². The lowest BCUT2D eigenvalue weighted by Gasteiger charge is -2.21. The molecule has 6 heteroatoms. The van der Waals surface area contributed by atoms with E-state index in [1.807, 2.05) is 6.07 Å². The minimum Gasteiger partial charge on any atom is -0.497 e. The minimum absolute atomic E-state index is 0.138. The monoisotopic (exact) mass is 416 g/mol. The molecule has 0 saturated carbocycles. The third-order valence-electron chi connectivity index (χ3n) is 4.79. The highest BCUT2D eigenvalue weighted by atomic mass is 16.5. The Labute approximate surface area is 181 Å². The molecular weight excluding hydrogens is 392 g/mol. The minimum atomic E-state index is -0.372. The van der Waals surface area contributed by atoms with Gasteiger partial charge in [-0.2, -0.15) is 0 Å². The van der Waals surface area contributed by atoms with Gasteiger partial charge in [-0.1, -0.05) is 54.6 Å². The Morgan fingerprint density at radius 1 is 0.871 bits per heavy atom. The van der Waals surface area contributed by atoms with Crippen molar-refractivity contribution in [3.05, 3.63) is 95.6 Å². The predicted molar refractivity (Wildman–Crippen MR) is 120 cm³/mol. The number of carbonyl (C=O) groups excluding carboxylic acids is 3. The molecule has 0 fully saturated rings. The van der Waals surface area contributed by atoms with Crippen molar-refractivity contribution < 1.29 is 19.1 Å². The summed E-state index contributed by atoms with van der Waals surface area (Å²) < 4.78 is 5.16. The molecule has 158 valence electrons. The van der Waals surface area contributed by atoms with Crippen LogP contribution < -0.4 is 10.1 Å². The van der Waals surface area contributed by atoms with Crippen LogP contribution in [-0.4, -0.2) is 42.7 Å². The highest BCUT2D eigenvalue weighted by molar-refractivity contribution is 6.15. The first-order chi connectivity index (χ1) is 15.0. The van der Waals surface area contributed by atoms with Gasteiger partial charge in [-0.15, -0.1) is 0 Å². The van der Waals surface area contributed by atoms with Crippen LogP contribution in [0.5, 0.6) is 5.75 Å². The van der Waals surface area contributed by atoms with Crippen molar-refractivity contribution in [1.29, 1.82) is 0 Å². The number of anilines is 1. The Kier molecular flexibility index (Phi) is 7.17. The maximum absolute atomic E-state index is 13.2. The van der Waals surface area contributed by atoms with Crippen molar-refractivity contribution in [3.63, 3.8) is 0 Å². The maximum Gasteiger partial charge on any atom is 0.255 e. The topological polar surface area (TPSA) is 75.7 Å². The number of hydrogen-bond donors (Lipinski definition) is 1. The van der Waals surface area contributed by atoms with Crippen LogP contribution >= 0.6 is 0 Å². The number of nitrogens with zero attached hydrogens (tertiary/aromatic N) is 1. The van der Waals surface area contributed by atoms with E-state index in [2.05, 4.69) is 5.32 Å². The molecule has 0 saturated heterocycles. The van der Waals surface area contributed by atoms with E-state index < -0.39 is 0 Å². The number of ketones is 1. The third kappa shape index (κ3) is 5.36. The molecule has 1 N–H and O–H groups in total. The first-order valence-electron chi connectivity index (χ1n) is 9.95. The van der Waals surface area contributed by atoms with E-state index in [1.54, 1.807) is 86.8 Å². The Morgan fingerprint density at radius 2 is 1.55 bits per heavy atom. The summed E-state index contributed by atoms with van der Waals surface area (Å²) in [6.07, 6.45) is 0. The molecule has 0 spiro atoms. The number of benzene rings is 3. The summed E-state index contributed by atoms with van der Waals surface area (Å²) in [5.41, 5.74) is 1.66. The number of ether oxygens (including phenoxy) is 1. The standard InChI is InChI=1S/C25H24N2O4/c1-3-27(17-23(28)26-19-12-9-13-20(16-19)31-2)25(30)22-15-8-7-14-21(22)24(29)18-10-5-4-6-11-18/h4-16H,3,17H2,1-2H3,(H,26,28). The van der Waals surface area contributed by atoms with Crippen LogP contribution in [0.15, 0.2) is 78.9 Å². The number of hydrogen-bond acceptors (Lipinski definition) is 4. The van der Waals surface area contributed by atoms with E-state index in [-0.39, 0.29) is 29.7 Å². The lowest BCUT2D eigenvalue weighted by molar-refractivity contribution is -0.116. The molecule has 0 bridgehead atoms. The summed E-state index contributed by atoms with van der Waals surface area (Å²) in [4.78, 5) is 40.1. The number of likely N-dealkylation sites (N-methyl/N-ethyl adjacent to an activating group) is 1. The average molecular weight is 416 g/mol. The van der Waals surface area contributed by atoms with Crippen LogP contribution in [0, 0.1) is 0 Å². The van der Waals surface area contributed by atoms with Crippen LogP contribution in [0.4, 0.5) is 5.69 Å². The van der Waals surface area contributed by atoms with Gasteiger partial charge in [0.05, 0.1) is 12.7 Å². The summed E-state index contributed by atoms with van der Waals surface area (Å²) in [5, 5.41) is 2.77. The predicted octanol–water partition coefficient (Wildman–Crippen LogP) is 4.03. The largest absolute Gasteiger partial charge is 0.497 e. The third-order valence-corrected chi connectivity index (χ3v) is 4.79. The van der Waals surface area contributed by atoms with E-state index >= 15 is 0 Å². The molecule has 3 aromatic rings. The first-order valence-corrected chi connectivity index (χ1v) is 9.95. The number of carbonyl (C=O) groups is 3.